The number of aliphatic hydroxyl groups excluding tert-OH is 1. The van der Waals surface area contributed by atoms with Crippen molar-refractivity contribution in [3.05, 3.63) is 34.1 Å². The summed E-state index contributed by atoms with van der Waals surface area (Å²) in [5.41, 5.74) is 0.875. The molecule has 0 fully saturated rings. The second kappa shape index (κ2) is 5.20. The molecule has 1 heterocycles. The Balaban J connectivity index is 2.20. The monoisotopic (exact) mass is 313 g/mol. The van der Waals surface area contributed by atoms with E-state index in [1.54, 1.807) is 6.92 Å². The number of benzene rings is 1. The molecule has 17 heavy (non-hydrogen) atoms. The molecule has 1 atom stereocenters. The highest BCUT2D eigenvalue weighted by Gasteiger charge is 2.08. The van der Waals surface area contributed by atoms with Crippen LogP contribution in [0, 0.1) is 6.92 Å². The van der Waals surface area contributed by atoms with E-state index in [0.29, 0.717) is 5.16 Å². The summed E-state index contributed by atoms with van der Waals surface area (Å²) in [6, 6.07) is 5.80. The summed E-state index contributed by atoms with van der Waals surface area (Å²) in [4.78, 5) is 5.25. The Hall–Kier alpha value is -0.850. The Morgan fingerprint density at radius 2 is 2.24 bits per heavy atom. The van der Waals surface area contributed by atoms with Crippen LogP contribution in [0.1, 0.15) is 24.4 Å². The zero-order valence-corrected chi connectivity index (χ0v) is 11.8. The summed E-state index contributed by atoms with van der Waals surface area (Å²) >= 11 is 4.92. The molecule has 0 aliphatic rings. The zero-order valence-electron chi connectivity index (χ0n) is 9.44. The van der Waals surface area contributed by atoms with Crippen molar-refractivity contribution in [3.8, 4) is 0 Å². The average molecular weight is 314 g/mol. The van der Waals surface area contributed by atoms with Crippen molar-refractivity contribution < 1.29 is 5.11 Å². The Morgan fingerprint density at radius 1 is 1.47 bits per heavy atom. The molecule has 6 heteroatoms. The van der Waals surface area contributed by atoms with Crippen molar-refractivity contribution in [2.75, 3.05) is 0 Å². The molecule has 0 bridgehead atoms. The highest BCUT2D eigenvalue weighted by molar-refractivity contribution is 9.10. The molecule has 0 saturated carbocycles. The number of nitrogens with zero attached hydrogens (tertiary/aromatic N) is 2. The first kappa shape index (κ1) is 12.6. The van der Waals surface area contributed by atoms with Crippen molar-refractivity contribution >= 4 is 27.7 Å². The van der Waals surface area contributed by atoms with Crippen molar-refractivity contribution in [1.82, 2.24) is 15.2 Å². The van der Waals surface area contributed by atoms with Gasteiger partial charge in [0, 0.05) is 9.37 Å². The molecule has 2 aromatic rings. The number of aromatic nitrogens is 3. The maximum Gasteiger partial charge on any atom is 0.213 e. The van der Waals surface area contributed by atoms with Crippen LogP contribution in [0.5, 0.6) is 0 Å². The number of hydrogen-bond acceptors (Lipinski definition) is 4. The molecular weight excluding hydrogens is 302 g/mol. The molecule has 1 aromatic carbocycles. The lowest BCUT2D eigenvalue weighted by atomic mass is 10.1. The summed E-state index contributed by atoms with van der Waals surface area (Å²) in [5.74, 6) is 0.798. The SMILES string of the molecule is Cc1nc(Sc2ccc([C@H](C)O)c(Br)c2)n[nH]1. The Kier molecular flexibility index (Phi) is 3.86. The van der Waals surface area contributed by atoms with Gasteiger partial charge in [0.1, 0.15) is 5.82 Å². The highest BCUT2D eigenvalue weighted by atomic mass is 79.9. The largest absolute Gasteiger partial charge is 0.389 e. The fraction of sp³-hybridized carbons (Fsp3) is 0.273. The van der Waals surface area contributed by atoms with Crippen LogP contribution in [0.25, 0.3) is 0 Å². The van der Waals surface area contributed by atoms with Crippen molar-refractivity contribution in [3.63, 3.8) is 0 Å². The number of hydrogen-bond donors (Lipinski definition) is 2. The molecule has 0 saturated heterocycles. The topological polar surface area (TPSA) is 61.8 Å². The van der Waals surface area contributed by atoms with Gasteiger partial charge in [0.15, 0.2) is 0 Å². The second-order valence-corrected chi connectivity index (χ2v) is 5.56. The summed E-state index contributed by atoms with van der Waals surface area (Å²) in [6.45, 7) is 3.61. The van der Waals surface area contributed by atoms with Crippen LogP contribution in [0.4, 0.5) is 0 Å². The molecule has 0 aliphatic heterocycles. The number of aliphatic hydroxyl groups is 1. The second-order valence-electron chi connectivity index (χ2n) is 3.66. The zero-order chi connectivity index (χ0) is 12.4. The van der Waals surface area contributed by atoms with Gasteiger partial charge in [-0.1, -0.05) is 22.0 Å². The van der Waals surface area contributed by atoms with Crippen molar-refractivity contribution in [1.29, 1.82) is 0 Å². The van der Waals surface area contributed by atoms with E-state index in [4.69, 9.17) is 0 Å². The standard InChI is InChI=1S/C11H12BrN3OS/c1-6(16)9-4-3-8(5-10(9)12)17-11-13-7(2)14-15-11/h3-6,16H,1-2H3,(H,13,14,15)/t6-/m0/s1. The first-order valence-electron chi connectivity index (χ1n) is 5.10. The van der Waals surface area contributed by atoms with Crippen LogP contribution < -0.4 is 0 Å². The van der Waals surface area contributed by atoms with E-state index in [0.717, 1.165) is 20.8 Å². The molecular formula is C11H12BrN3OS. The van der Waals surface area contributed by atoms with Gasteiger partial charge in [0.2, 0.25) is 5.16 Å². The van der Waals surface area contributed by atoms with Crippen LogP contribution in [-0.4, -0.2) is 20.3 Å². The van der Waals surface area contributed by atoms with Crippen LogP contribution >= 0.6 is 27.7 Å². The number of aryl methyl sites for hydroxylation is 1. The molecule has 4 nitrogen and oxygen atoms in total. The maximum absolute atomic E-state index is 9.52. The van der Waals surface area contributed by atoms with Gasteiger partial charge in [0.05, 0.1) is 6.10 Å². The number of nitrogens with one attached hydrogen (secondary N) is 1. The van der Waals surface area contributed by atoms with Gasteiger partial charge in [-0.2, -0.15) is 0 Å². The average Bonchev–Trinajstić information content (AvgIpc) is 2.63. The predicted octanol–water partition coefficient (Wildman–Crippen LogP) is 3.08. The minimum absolute atomic E-state index is 0.478. The third-order valence-electron chi connectivity index (χ3n) is 2.21. The Morgan fingerprint density at radius 3 is 2.76 bits per heavy atom. The molecule has 2 rings (SSSR count). The lowest BCUT2D eigenvalue weighted by molar-refractivity contribution is 0.198. The molecule has 0 aliphatic carbocycles. The van der Waals surface area contributed by atoms with Crippen LogP contribution in [-0.2, 0) is 0 Å². The van der Waals surface area contributed by atoms with Gasteiger partial charge in [-0.05, 0) is 43.3 Å². The third kappa shape index (κ3) is 3.08. The van der Waals surface area contributed by atoms with Gasteiger partial charge in [-0.3, -0.25) is 5.10 Å². The lowest BCUT2D eigenvalue weighted by Gasteiger charge is -2.08. The van der Waals surface area contributed by atoms with Crippen molar-refractivity contribution in [2.24, 2.45) is 0 Å². The summed E-state index contributed by atoms with van der Waals surface area (Å²) in [6.07, 6.45) is -0.478. The smallest absolute Gasteiger partial charge is 0.213 e. The van der Waals surface area contributed by atoms with E-state index in [-0.39, 0.29) is 0 Å². The highest BCUT2D eigenvalue weighted by Crippen LogP contribution is 2.31. The van der Waals surface area contributed by atoms with E-state index in [2.05, 4.69) is 31.1 Å². The maximum atomic E-state index is 9.52. The van der Waals surface area contributed by atoms with E-state index in [1.807, 2.05) is 25.1 Å². The molecule has 2 N–H and O–H groups in total. The fourth-order valence-electron chi connectivity index (χ4n) is 1.38. The van der Waals surface area contributed by atoms with Crippen LogP contribution in [0.2, 0.25) is 0 Å². The lowest BCUT2D eigenvalue weighted by Crippen LogP contribution is -1.92. The number of H-pyrrole nitrogens is 1. The van der Waals surface area contributed by atoms with E-state index in [1.165, 1.54) is 11.8 Å². The van der Waals surface area contributed by atoms with Gasteiger partial charge in [-0.15, -0.1) is 5.10 Å². The summed E-state index contributed by atoms with van der Waals surface area (Å²) < 4.78 is 0.893. The van der Waals surface area contributed by atoms with Gasteiger partial charge < -0.3 is 5.11 Å². The van der Waals surface area contributed by atoms with Crippen LogP contribution in [0.15, 0.2) is 32.7 Å². The molecule has 0 unspecified atom stereocenters. The minimum atomic E-state index is -0.478. The van der Waals surface area contributed by atoms with E-state index >= 15 is 0 Å². The molecule has 0 amide bonds. The minimum Gasteiger partial charge on any atom is -0.389 e. The summed E-state index contributed by atoms with van der Waals surface area (Å²) in [7, 11) is 0. The summed E-state index contributed by atoms with van der Waals surface area (Å²) in [5, 5.41) is 17.1. The van der Waals surface area contributed by atoms with Gasteiger partial charge in [0.25, 0.3) is 0 Å². The number of rotatable bonds is 3. The Labute approximate surface area is 112 Å². The number of aromatic amines is 1. The molecule has 90 valence electrons. The van der Waals surface area contributed by atoms with Gasteiger partial charge in [-0.25, -0.2) is 4.98 Å². The van der Waals surface area contributed by atoms with E-state index < -0.39 is 6.10 Å². The van der Waals surface area contributed by atoms with E-state index in [9.17, 15) is 5.11 Å². The van der Waals surface area contributed by atoms with Crippen LogP contribution in [0.3, 0.4) is 0 Å². The Bertz CT molecular complexity index is 527. The quantitative estimate of drug-likeness (QED) is 0.914. The van der Waals surface area contributed by atoms with Gasteiger partial charge >= 0.3 is 0 Å². The normalized spacial score (nSPS) is 12.7. The van der Waals surface area contributed by atoms with Crippen molar-refractivity contribution in [2.45, 2.75) is 30.0 Å². The predicted molar refractivity (Wildman–Crippen MR) is 70.0 cm³/mol. The molecule has 0 radical (unpaired) electrons. The molecule has 1 aromatic heterocycles. The first-order chi connectivity index (χ1) is 8.06. The molecule has 0 spiro atoms. The third-order valence-corrected chi connectivity index (χ3v) is 3.75. The first-order valence-corrected chi connectivity index (χ1v) is 6.71. The number of halogens is 1. The fourth-order valence-corrected chi connectivity index (χ4v) is 3.04.